The number of methoxy groups -OCH3 is 1. The largest absolute Gasteiger partial charge is 0.493 e. The van der Waals surface area contributed by atoms with Crippen molar-refractivity contribution in [1.29, 1.82) is 0 Å². The topological polar surface area (TPSA) is 62.8 Å². The van der Waals surface area contributed by atoms with Gasteiger partial charge in [-0.25, -0.2) is 4.39 Å². The van der Waals surface area contributed by atoms with Crippen molar-refractivity contribution in [3.8, 4) is 11.5 Å². The van der Waals surface area contributed by atoms with E-state index in [0.29, 0.717) is 30.2 Å². The Bertz CT molecular complexity index is 700. The quantitative estimate of drug-likeness (QED) is 0.482. The molecule has 0 atom stereocenters. The highest BCUT2D eigenvalue weighted by Gasteiger charge is 2.13. The number of benzene rings is 2. The molecule has 5 nitrogen and oxygen atoms in total. The summed E-state index contributed by atoms with van der Waals surface area (Å²) in [5, 5.41) is 15.1. The van der Waals surface area contributed by atoms with Crippen molar-refractivity contribution in [2.75, 3.05) is 33.4 Å². The molecule has 7 heteroatoms. The second-order valence-electron chi connectivity index (χ2n) is 5.64. The number of aliphatic hydroxyl groups is 1. The molecule has 2 aromatic rings. The number of ether oxygens (including phenoxy) is 2. The van der Waals surface area contributed by atoms with Crippen LogP contribution in [0.5, 0.6) is 11.5 Å². The molecule has 0 saturated heterocycles. The van der Waals surface area contributed by atoms with Gasteiger partial charge in [0.25, 0.3) is 0 Å². The van der Waals surface area contributed by atoms with Gasteiger partial charge in [0.05, 0.1) is 18.2 Å². The van der Waals surface area contributed by atoms with E-state index in [2.05, 4.69) is 26.6 Å². The normalized spacial score (nSPS) is 10.8. The van der Waals surface area contributed by atoms with E-state index >= 15 is 0 Å². The third kappa shape index (κ3) is 6.25. The van der Waals surface area contributed by atoms with Crippen molar-refractivity contribution in [1.82, 2.24) is 10.6 Å². The van der Waals surface area contributed by atoms with Gasteiger partial charge < -0.3 is 25.2 Å². The first-order chi connectivity index (χ1) is 12.7. The van der Waals surface area contributed by atoms with Crippen LogP contribution in [0.1, 0.15) is 11.1 Å². The summed E-state index contributed by atoms with van der Waals surface area (Å²) in [6.07, 6.45) is 0. The number of aliphatic hydroxyl groups excluding tert-OH is 1. The van der Waals surface area contributed by atoms with E-state index in [1.54, 1.807) is 25.3 Å². The Labute approximate surface area is 161 Å². The average Bonchev–Trinajstić information content (AvgIpc) is 2.64. The van der Waals surface area contributed by atoms with Gasteiger partial charge in [-0.1, -0.05) is 18.2 Å². The molecule has 142 valence electrons. The van der Waals surface area contributed by atoms with Crippen LogP contribution in [0.2, 0.25) is 0 Å². The van der Waals surface area contributed by atoms with Gasteiger partial charge in [-0.3, -0.25) is 0 Å². The molecule has 0 unspecified atom stereocenters. The van der Waals surface area contributed by atoms with Crippen LogP contribution >= 0.6 is 15.9 Å². The molecule has 0 heterocycles. The second-order valence-corrected chi connectivity index (χ2v) is 6.49. The molecule has 0 aliphatic carbocycles. The fourth-order valence-corrected chi connectivity index (χ4v) is 3.00. The molecule has 0 bridgehead atoms. The summed E-state index contributed by atoms with van der Waals surface area (Å²) in [6, 6.07) is 10.4. The predicted octanol–water partition coefficient (Wildman–Crippen LogP) is 2.85. The van der Waals surface area contributed by atoms with E-state index in [4.69, 9.17) is 14.6 Å². The molecule has 0 radical (unpaired) electrons. The number of hydrogen-bond acceptors (Lipinski definition) is 5. The van der Waals surface area contributed by atoms with Crippen molar-refractivity contribution in [2.45, 2.75) is 13.2 Å². The first-order valence-corrected chi connectivity index (χ1v) is 9.20. The van der Waals surface area contributed by atoms with Crippen LogP contribution < -0.4 is 20.1 Å². The van der Waals surface area contributed by atoms with Crippen LogP contribution in [-0.2, 0) is 13.2 Å². The lowest BCUT2D eigenvalue weighted by Gasteiger charge is -2.15. The highest BCUT2D eigenvalue weighted by Crippen LogP contribution is 2.37. The number of hydrogen-bond donors (Lipinski definition) is 3. The van der Waals surface area contributed by atoms with Gasteiger partial charge >= 0.3 is 0 Å². The Hall–Kier alpha value is -1.67. The van der Waals surface area contributed by atoms with Crippen LogP contribution in [-0.4, -0.2) is 38.5 Å². The molecule has 0 spiro atoms. The molecule has 0 fully saturated rings. The standard InChI is InChI=1S/C19H24BrFN2O3/c1-25-18-11-14(12-23-7-6-22-8-9-24)10-16(20)19(18)26-13-15-4-2-3-5-17(15)21/h2-5,10-11,22-24H,6-9,12-13H2,1H3. The Morgan fingerprint density at radius 2 is 1.88 bits per heavy atom. The highest BCUT2D eigenvalue weighted by molar-refractivity contribution is 9.10. The summed E-state index contributed by atoms with van der Waals surface area (Å²) in [5.41, 5.74) is 1.52. The molecule has 26 heavy (non-hydrogen) atoms. The van der Waals surface area contributed by atoms with Crippen molar-refractivity contribution in [3.63, 3.8) is 0 Å². The fraction of sp³-hybridized carbons (Fsp3) is 0.368. The van der Waals surface area contributed by atoms with Crippen LogP contribution in [0.15, 0.2) is 40.9 Å². The number of rotatable bonds is 11. The summed E-state index contributed by atoms with van der Waals surface area (Å²) < 4.78 is 25.7. The van der Waals surface area contributed by atoms with Gasteiger partial charge in [0.1, 0.15) is 12.4 Å². The molecule has 0 aromatic heterocycles. The maximum absolute atomic E-state index is 13.7. The molecular formula is C19H24BrFN2O3. The smallest absolute Gasteiger partial charge is 0.175 e. The molecule has 0 aliphatic heterocycles. The lowest BCUT2D eigenvalue weighted by atomic mass is 10.2. The van der Waals surface area contributed by atoms with Crippen LogP contribution in [0, 0.1) is 5.82 Å². The number of halogens is 2. The zero-order valence-electron chi connectivity index (χ0n) is 14.7. The van der Waals surface area contributed by atoms with Crippen molar-refractivity contribution >= 4 is 15.9 Å². The molecule has 0 amide bonds. The summed E-state index contributed by atoms with van der Waals surface area (Å²) in [5.74, 6) is 0.841. The second kappa shape index (κ2) is 11.1. The third-order valence-corrected chi connectivity index (χ3v) is 4.30. The van der Waals surface area contributed by atoms with Crippen molar-refractivity contribution < 1.29 is 19.0 Å². The molecule has 2 rings (SSSR count). The first-order valence-electron chi connectivity index (χ1n) is 8.40. The SMILES string of the molecule is COc1cc(CNCCNCCO)cc(Br)c1OCc1ccccc1F. The van der Waals surface area contributed by atoms with Crippen molar-refractivity contribution in [2.24, 2.45) is 0 Å². The van der Waals surface area contributed by atoms with Gasteiger partial charge in [0.15, 0.2) is 11.5 Å². The summed E-state index contributed by atoms with van der Waals surface area (Å²) >= 11 is 3.51. The van der Waals surface area contributed by atoms with Gasteiger partial charge in [0.2, 0.25) is 0 Å². The van der Waals surface area contributed by atoms with E-state index < -0.39 is 0 Å². The van der Waals surface area contributed by atoms with Crippen LogP contribution in [0.3, 0.4) is 0 Å². The van der Waals surface area contributed by atoms with E-state index in [-0.39, 0.29) is 19.0 Å². The summed E-state index contributed by atoms with van der Waals surface area (Å²) in [7, 11) is 1.58. The molecule has 3 N–H and O–H groups in total. The molecule has 0 aliphatic rings. The maximum atomic E-state index is 13.7. The van der Waals surface area contributed by atoms with E-state index in [0.717, 1.165) is 23.1 Å². The minimum Gasteiger partial charge on any atom is -0.493 e. The minimum absolute atomic E-state index is 0.121. The van der Waals surface area contributed by atoms with Gasteiger partial charge in [-0.15, -0.1) is 0 Å². The zero-order valence-corrected chi connectivity index (χ0v) is 16.3. The van der Waals surface area contributed by atoms with E-state index in [1.807, 2.05) is 12.1 Å². The Morgan fingerprint density at radius 3 is 2.62 bits per heavy atom. The molecule has 0 saturated carbocycles. The van der Waals surface area contributed by atoms with Gasteiger partial charge in [-0.05, 0) is 39.7 Å². The van der Waals surface area contributed by atoms with Gasteiger partial charge in [0, 0.05) is 31.7 Å². The maximum Gasteiger partial charge on any atom is 0.175 e. The summed E-state index contributed by atoms with van der Waals surface area (Å²) in [6.45, 7) is 3.08. The van der Waals surface area contributed by atoms with Crippen molar-refractivity contribution in [3.05, 3.63) is 57.8 Å². The zero-order chi connectivity index (χ0) is 18.8. The predicted molar refractivity (Wildman–Crippen MR) is 103 cm³/mol. The Balaban J connectivity index is 1.96. The van der Waals surface area contributed by atoms with Crippen LogP contribution in [0.4, 0.5) is 4.39 Å². The summed E-state index contributed by atoms with van der Waals surface area (Å²) in [4.78, 5) is 0. The fourth-order valence-electron chi connectivity index (χ4n) is 2.39. The average molecular weight is 427 g/mol. The van der Waals surface area contributed by atoms with Crippen LogP contribution in [0.25, 0.3) is 0 Å². The van der Waals surface area contributed by atoms with E-state index in [9.17, 15) is 4.39 Å². The lowest BCUT2D eigenvalue weighted by molar-refractivity contribution is 0.277. The first kappa shape index (κ1) is 20.6. The third-order valence-electron chi connectivity index (χ3n) is 3.72. The Kier molecular flexibility index (Phi) is 8.84. The number of nitrogens with one attached hydrogen (secondary N) is 2. The Morgan fingerprint density at radius 1 is 1.12 bits per heavy atom. The van der Waals surface area contributed by atoms with Gasteiger partial charge in [-0.2, -0.15) is 0 Å². The minimum atomic E-state index is -0.293. The molecular weight excluding hydrogens is 403 g/mol. The van der Waals surface area contributed by atoms with E-state index in [1.165, 1.54) is 6.07 Å². The monoisotopic (exact) mass is 426 g/mol. The molecule has 2 aromatic carbocycles. The highest BCUT2D eigenvalue weighted by atomic mass is 79.9. The lowest BCUT2D eigenvalue weighted by Crippen LogP contribution is -2.28.